The first kappa shape index (κ1) is 24.6. The van der Waals surface area contributed by atoms with Gasteiger partial charge in [-0.15, -0.1) is 0 Å². The van der Waals surface area contributed by atoms with Gasteiger partial charge in [0.1, 0.15) is 16.1 Å². The number of benzene rings is 2. The summed E-state index contributed by atoms with van der Waals surface area (Å²) < 4.78 is 59.8. The van der Waals surface area contributed by atoms with E-state index < -0.39 is 37.2 Å². The summed E-state index contributed by atoms with van der Waals surface area (Å²) >= 11 is 0. The number of hydrogen-bond donors (Lipinski definition) is 1. The molecule has 196 valence electrons. The van der Waals surface area contributed by atoms with E-state index in [1.165, 1.54) is 41.0 Å². The van der Waals surface area contributed by atoms with Gasteiger partial charge in [-0.2, -0.15) is 5.26 Å². The second kappa shape index (κ2) is 8.68. The van der Waals surface area contributed by atoms with Gasteiger partial charge in [0.15, 0.2) is 0 Å². The molecule has 0 bridgehead atoms. The van der Waals surface area contributed by atoms with E-state index in [-0.39, 0.29) is 41.2 Å². The molecule has 3 heterocycles. The molecule has 1 unspecified atom stereocenters. The molecule has 1 aromatic heterocycles. The van der Waals surface area contributed by atoms with Gasteiger partial charge in [-0.05, 0) is 79.6 Å². The van der Waals surface area contributed by atoms with E-state index in [2.05, 4.69) is 10.3 Å². The Bertz CT molecular complexity index is 1660. The third kappa shape index (κ3) is 3.97. The van der Waals surface area contributed by atoms with Crippen LogP contribution in [0, 0.1) is 17.2 Å². The maximum Gasteiger partial charge on any atom is 0.301 e. The highest BCUT2D eigenvalue weighted by atomic mass is 32.2. The van der Waals surface area contributed by atoms with Crippen molar-refractivity contribution in [2.75, 3.05) is 21.1 Å². The summed E-state index contributed by atoms with van der Waals surface area (Å²) in [7, 11) is -7.31. The number of carbonyl (C=O) groups excluding carboxylic acids is 1. The smallest absolute Gasteiger partial charge is 0.301 e. The molecule has 1 amide bonds. The molecule has 12 heteroatoms. The Morgan fingerprint density at radius 3 is 2.45 bits per heavy atom. The molecular formula is C26H24N4O6S2. The largest absolute Gasteiger partial charge is 0.432 e. The monoisotopic (exact) mass is 552 g/mol. The number of nitriles is 1. The van der Waals surface area contributed by atoms with Crippen molar-refractivity contribution in [1.29, 1.82) is 5.26 Å². The summed E-state index contributed by atoms with van der Waals surface area (Å²) in [4.78, 5) is 17.0. The second-order valence-electron chi connectivity index (χ2n) is 10.1. The summed E-state index contributed by atoms with van der Waals surface area (Å²) in [5.74, 6) is -0.494. The SMILES string of the molecule is N#Cc1ccc(S(=O)(=O)N2c3ccc(C(=O)Nc4ncco4)cc3C3(CCS(=O)(=O)CC3)C2C2CC2)cc1. The molecule has 6 rings (SSSR count). The van der Waals surface area contributed by atoms with Crippen LogP contribution >= 0.6 is 0 Å². The molecule has 3 aromatic rings. The van der Waals surface area contributed by atoms with Gasteiger partial charge in [-0.25, -0.2) is 21.8 Å². The highest BCUT2D eigenvalue weighted by molar-refractivity contribution is 7.93. The Hall–Kier alpha value is -3.69. The number of anilines is 2. The van der Waals surface area contributed by atoms with Crippen molar-refractivity contribution in [3.8, 4) is 6.07 Å². The van der Waals surface area contributed by atoms with Crippen molar-refractivity contribution in [3.63, 3.8) is 0 Å². The Balaban J connectivity index is 1.50. The third-order valence-corrected chi connectivity index (χ3v) is 11.3. The van der Waals surface area contributed by atoms with E-state index >= 15 is 0 Å². The Labute approximate surface area is 220 Å². The molecule has 1 spiro atoms. The van der Waals surface area contributed by atoms with Crippen LogP contribution in [0.15, 0.2) is 64.2 Å². The normalized spacial score (nSPS) is 21.6. The zero-order valence-corrected chi connectivity index (χ0v) is 21.8. The number of fused-ring (bicyclic) bond motifs is 2. The number of sulfone groups is 1. The van der Waals surface area contributed by atoms with Crippen LogP contribution in [0.25, 0.3) is 0 Å². The van der Waals surface area contributed by atoms with Crippen LogP contribution in [0.4, 0.5) is 11.7 Å². The standard InChI is InChI=1S/C26H24N4O6S2/c27-16-17-1-6-20(7-2-17)38(34,35)30-22-8-5-19(24(31)29-25-28-11-12-36-25)15-21(22)26(23(30)18-3-4-18)9-13-37(32,33)14-10-26/h1-2,5-8,11-12,15,18,23H,3-4,9-10,13-14H2,(H,28,29,31). The van der Waals surface area contributed by atoms with Gasteiger partial charge in [0.25, 0.3) is 15.9 Å². The molecule has 2 aromatic carbocycles. The first-order valence-electron chi connectivity index (χ1n) is 12.3. The molecule has 1 N–H and O–H groups in total. The van der Waals surface area contributed by atoms with Crippen molar-refractivity contribution in [2.45, 2.75) is 42.0 Å². The van der Waals surface area contributed by atoms with Gasteiger partial charge in [-0.3, -0.25) is 14.4 Å². The Kier molecular flexibility index (Phi) is 5.62. The summed E-state index contributed by atoms with van der Waals surface area (Å²) in [6.07, 6.45) is 4.96. The molecule has 0 radical (unpaired) electrons. The third-order valence-electron chi connectivity index (χ3n) is 7.83. The predicted molar refractivity (Wildman–Crippen MR) is 138 cm³/mol. The lowest BCUT2D eigenvalue weighted by molar-refractivity contribution is 0.102. The zero-order valence-electron chi connectivity index (χ0n) is 20.2. The van der Waals surface area contributed by atoms with Gasteiger partial charge >= 0.3 is 6.01 Å². The lowest BCUT2D eigenvalue weighted by Crippen LogP contribution is -2.52. The number of hydrogen-bond acceptors (Lipinski definition) is 8. The summed E-state index contributed by atoms with van der Waals surface area (Å²) in [5.41, 5.74) is 1.02. The molecule has 1 saturated carbocycles. The number of nitrogens with one attached hydrogen (secondary N) is 1. The van der Waals surface area contributed by atoms with Crippen molar-refractivity contribution in [3.05, 3.63) is 71.6 Å². The maximum absolute atomic E-state index is 14.1. The predicted octanol–water partition coefficient (Wildman–Crippen LogP) is 3.23. The van der Waals surface area contributed by atoms with Crippen LogP contribution in [0.1, 0.15) is 47.2 Å². The van der Waals surface area contributed by atoms with Crippen LogP contribution in [0.2, 0.25) is 0 Å². The summed E-state index contributed by atoms with van der Waals surface area (Å²) in [6, 6.07) is 12.2. The molecule has 2 fully saturated rings. The zero-order chi connectivity index (χ0) is 26.7. The highest BCUT2D eigenvalue weighted by Gasteiger charge is 2.60. The Morgan fingerprint density at radius 1 is 1.13 bits per heavy atom. The molecule has 38 heavy (non-hydrogen) atoms. The average Bonchev–Trinajstić information content (AvgIpc) is 3.53. The topological polar surface area (TPSA) is 150 Å². The number of amides is 1. The Morgan fingerprint density at radius 2 is 1.84 bits per heavy atom. The number of rotatable bonds is 5. The van der Waals surface area contributed by atoms with Crippen molar-refractivity contribution in [1.82, 2.24) is 4.98 Å². The minimum atomic E-state index is -4.06. The van der Waals surface area contributed by atoms with Crippen LogP contribution in [-0.4, -0.2) is 45.3 Å². The number of carbonyl (C=O) groups is 1. The van der Waals surface area contributed by atoms with E-state index in [1.54, 1.807) is 18.2 Å². The fourth-order valence-electron chi connectivity index (χ4n) is 5.87. The highest BCUT2D eigenvalue weighted by Crippen LogP contribution is 2.59. The fourth-order valence-corrected chi connectivity index (χ4v) is 9.23. The van der Waals surface area contributed by atoms with Crippen molar-refractivity contribution < 1.29 is 26.0 Å². The van der Waals surface area contributed by atoms with Gasteiger partial charge in [0, 0.05) is 11.0 Å². The maximum atomic E-state index is 14.1. The number of nitrogens with zero attached hydrogens (tertiary/aromatic N) is 3. The van der Waals surface area contributed by atoms with Crippen molar-refractivity contribution in [2.24, 2.45) is 5.92 Å². The van der Waals surface area contributed by atoms with E-state index in [4.69, 9.17) is 9.68 Å². The van der Waals surface area contributed by atoms with Gasteiger partial charge in [-0.1, -0.05) is 0 Å². The van der Waals surface area contributed by atoms with E-state index in [1.807, 2.05) is 6.07 Å². The van der Waals surface area contributed by atoms with E-state index in [0.29, 0.717) is 22.4 Å². The quantitative estimate of drug-likeness (QED) is 0.507. The number of aromatic nitrogens is 1. The number of oxazole rings is 1. The summed E-state index contributed by atoms with van der Waals surface area (Å²) in [6.45, 7) is 0. The minimum absolute atomic E-state index is 0.0369. The molecule has 10 nitrogen and oxygen atoms in total. The fraction of sp³-hybridized carbons (Fsp3) is 0.346. The average molecular weight is 553 g/mol. The minimum Gasteiger partial charge on any atom is -0.432 e. The molecule has 3 aliphatic rings. The molecule has 2 aliphatic heterocycles. The number of sulfonamides is 1. The lowest BCUT2D eigenvalue weighted by atomic mass is 9.70. The molecule has 1 saturated heterocycles. The second-order valence-corrected chi connectivity index (χ2v) is 14.2. The van der Waals surface area contributed by atoms with Crippen LogP contribution in [-0.2, 0) is 25.3 Å². The van der Waals surface area contributed by atoms with Crippen molar-refractivity contribution >= 4 is 37.5 Å². The van der Waals surface area contributed by atoms with E-state index in [9.17, 15) is 21.6 Å². The molecular weight excluding hydrogens is 528 g/mol. The van der Waals surface area contributed by atoms with E-state index in [0.717, 1.165) is 12.8 Å². The first-order valence-corrected chi connectivity index (χ1v) is 15.5. The van der Waals surface area contributed by atoms with Gasteiger partial charge in [0.2, 0.25) is 0 Å². The van der Waals surface area contributed by atoms with Gasteiger partial charge < -0.3 is 4.42 Å². The van der Waals surface area contributed by atoms with Crippen LogP contribution in [0.5, 0.6) is 0 Å². The summed E-state index contributed by atoms with van der Waals surface area (Å²) in [5, 5.41) is 11.7. The van der Waals surface area contributed by atoms with Crippen LogP contribution < -0.4 is 9.62 Å². The molecule has 1 atom stereocenters. The van der Waals surface area contributed by atoms with Gasteiger partial charge in [0.05, 0.1) is 46.0 Å². The van der Waals surface area contributed by atoms with Crippen LogP contribution in [0.3, 0.4) is 0 Å². The first-order chi connectivity index (χ1) is 18.1. The molecule has 1 aliphatic carbocycles. The lowest BCUT2D eigenvalue weighted by Gasteiger charge is -2.41.